The molecule has 0 unspecified atom stereocenters. The summed E-state index contributed by atoms with van der Waals surface area (Å²) < 4.78 is 2.06. The van der Waals surface area contributed by atoms with Crippen molar-refractivity contribution in [1.29, 1.82) is 0 Å². The molecule has 1 aromatic carbocycles. The van der Waals surface area contributed by atoms with E-state index in [1.165, 1.54) is 0 Å². The number of rotatable bonds is 4. The number of amides is 4. The lowest BCUT2D eigenvalue weighted by atomic mass is 10.1. The normalized spacial score (nSPS) is 16.9. The fourth-order valence-electron chi connectivity index (χ4n) is 3.39. The predicted octanol–water partition coefficient (Wildman–Crippen LogP) is -0.195. The molecule has 0 spiro atoms. The summed E-state index contributed by atoms with van der Waals surface area (Å²) in [6.45, 7) is 1.32. The average molecular weight is 368 g/mol. The number of aromatic nitrogens is 3. The van der Waals surface area contributed by atoms with Crippen LogP contribution in [-0.4, -0.2) is 68.6 Å². The summed E-state index contributed by atoms with van der Waals surface area (Å²) in [4.78, 5) is 38.5. The van der Waals surface area contributed by atoms with Crippen molar-refractivity contribution in [3.63, 3.8) is 0 Å². The summed E-state index contributed by atoms with van der Waals surface area (Å²) >= 11 is 0. The molecular weight excluding hydrogens is 348 g/mol. The second-order valence-electron chi connectivity index (χ2n) is 6.62. The number of imide groups is 1. The zero-order chi connectivity index (χ0) is 18.8. The minimum absolute atomic E-state index is 0.0456. The third-order valence-electron chi connectivity index (χ3n) is 4.89. The maximum atomic E-state index is 12.6. The molecular formula is C18H20N6O3. The Morgan fingerprint density at radius 1 is 1.07 bits per heavy atom. The minimum Gasteiger partial charge on any atom is -0.339 e. The molecule has 3 heterocycles. The van der Waals surface area contributed by atoms with E-state index in [4.69, 9.17) is 0 Å². The first-order valence-electron chi connectivity index (χ1n) is 8.92. The number of nitrogens with one attached hydrogen (secondary N) is 1. The molecule has 4 rings (SSSR count). The molecule has 140 valence electrons. The highest BCUT2D eigenvalue weighted by atomic mass is 16.2. The summed E-state index contributed by atoms with van der Waals surface area (Å²) in [5, 5.41) is 11.0. The van der Waals surface area contributed by atoms with Gasteiger partial charge in [0.1, 0.15) is 18.2 Å². The van der Waals surface area contributed by atoms with Crippen molar-refractivity contribution in [1.82, 2.24) is 29.9 Å². The van der Waals surface area contributed by atoms with Crippen LogP contribution in [0.2, 0.25) is 0 Å². The molecule has 4 amide bonds. The second kappa shape index (κ2) is 7.18. The van der Waals surface area contributed by atoms with E-state index in [1.807, 2.05) is 30.3 Å². The van der Waals surface area contributed by atoms with Gasteiger partial charge >= 0.3 is 6.03 Å². The number of nitrogens with zero attached hydrogens (tertiary/aromatic N) is 5. The highest BCUT2D eigenvalue weighted by molar-refractivity contribution is 6.04. The van der Waals surface area contributed by atoms with E-state index in [9.17, 15) is 14.4 Å². The summed E-state index contributed by atoms with van der Waals surface area (Å²) in [6, 6.07) is 9.54. The molecule has 0 saturated carbocycles. The van der Waals surface area contributed by atoms with E-state index in [0.29, 0.717) is 32.5 Å². The van der Waals surface area contributed by atoms with Crippen molar-refractivity contribution in [2.45, 2.75) is 19.4 Å². The number of carbonyl (C=O) groups is 3. The van der Waals surface area contributed by atoms with E-state index < -0.39 is 6.03 Å². The summed E-state index contributed by atoms with van der Waals surface area (Å²) in [5.41, 5.74) is 1.16. The van der Waals surface area contributed by atoms with Crippen LogP contribution in [0.4, 0.5) is 4.79 Å². The average Bonchev–Trinajstić information content (AvgIpc) is 3.11. The lowest BCUT2D eigenvalue weighted by Crippen LogP contribution is -2.44. The van der Waals surface area contributed by atoms with Crippen LogP contribution < -0.4 is 5.32 Å². The molecule has 2 aliphatic rings. The molecule has 9 nitrogen and oxygen atoms in total. The van der Waals surface area contributed by atoms with Crippen LogP contribution in [0.5, 0.6) is 0 Å². The molecule has 1 fully saturated rings. The number of benzene rings is 1. The van der Waals surface area contributed by atoms with Crippen LogP contribution in [0, 0.1) is 0 Å². The highest BCUT2D eigenvalue weighted by Crippen LogP contribution is 2.14. The first-order chi connectivity index (χ1) is 13.1. The summed E-state index contributed by atoms with van der Waals surface area (Å²) in [7, 11) is 0. The second-order valence-corrected chi connectivity index (χ2v) is 6.62. The van der Waals surface area contributed by atoms with Gasteiger partial charge in [0.15, 0.2) is 0 Å². The number of hydrogen-bond donors (Lipinski definition) is 1. The van der Waals surface area contributed by atoms with Crippen LogP contribution in [0.3, 0.4) is 0 Å². The molecule has 27 heavy (non-hydrogen) atoms. The van der Waals surface area contributed by atoms with E-state index >= 15 is 0 Å². The maximum absolute atomic E-state index is 12.6. The maximum Gasteiger partial charge on any atom is 0.325 e. The van der Waals surface area contributed by atoms with Gasteiger partial charge < -0.3 is 14.8 Å². The largest absolute Gasteiger partial charge is 0.339 e. The van der Waals surface area contributed by atoms with Gasteiger partial charge in [-0.1, -0.05) is 30.3 Å². The van der Waals surface area contributed by atoms with Crippen LogP contribution in [-0.2, 0) is 29.0 Å². The van der Waals surface area contributed by atoms with E-state index in [1.54, 1.807) is 4.90 Å². The van der Waals surface area contributed by atoms with Crippen LogP contribution in [0.15, 0.2) is 30.3 Å². The Balaban J connectivity index is 1.42. The Hall–Kier alpha value is -3.23. The lowest BCUT2D eigenvalue weighted by Gasteiger charge is -2.22. The third kappa shape index (κ3) is 3.53. The molecule has 0 bridgehead atoms. The van der Waals surface area contributed by atoms with Gasteiger partial charge in [0.2, 0.25) is 5.91 Å². The molecule has 0 atom stereocenters. The van der Waals surface area contributed by atoms with E-state index in [-0.39, 0.29) is 24.9 Å². The number of fused-ring (bicyclic) bond motifs is 1. The van der Waals surface area contributed by atoms with Gasteiger partial charge in [0.25, 0.3) is 5.91 Å². The first kappa shape index (κ1) is 17.2. The molecule has 1 N–H and O–H groups in total. The zero-order valence-corrected chi connectivity index (χ0v) is 14.8. The van der Waals surface area contributed by atoms with Gasteiger partial charge in [-0.3, -0.25) is 14.5 Å². The monoisotopic (exact) mass is 368 g/mol. The third-order valence-corrected chi connectivity index (χ3v) is 4.89. The summed E-state index contributed by atoms with van der Waals surface area (Å²) in [5.74, 6) is 1.12. The van der Waals surface area contributed by atoms with E-state index in [2.05, 4.69) is 20.1 Å². The van der Waals surface area contributed by atoms with Crippen molar-refractivity contribution in [2.75, 3.05) is 26.2 Å². The number of urea groups is 1. The van der Waals surface area contributed by atoms with Crippen LogP contribution >= 0.6 is 0 Å². The Bertz CT molecular complexity index is 862. The summed E-state index contributed by atoms with van der Waals surface area (Å²) in [6.07, 6.45) is 1.28. The van der Waals surface area contributed by atoms with Gasteiger partial charge in [0, 0.05) is 32.5 Å². The quantitative estimate of drug-likeness (QED) is 0.754. The van der Waals surface area contributed by atoms with Crippen molar-refractivity contribution >= 4 is 17.8 Å². The van der Waals surface area contributed by atoms with Crippen molar-refractivity contribution in [2.24, 2.45) is 0 Å². The smallest absolute Gasteiger partial charge is 0.325 e. The zero-order valence-electron chi connectivity index (χ0n) is 14.8. The van der Waals surface area contributed by atoms with Crippen molar-refractivity contribution < 1.29 is 14.4 Å². The fraction of sp³-hybridized carbons (Fsp3) is 0.389. The minimum atomic E-state index is -0.509. The molecule has 1 saturated heterocycles. The first-order valence-corrected chi connectivity index (χ1v) is 8.92. The standard InChI is InChI=1S/C18H20N6O3/c25-16-11-19-18(27)24(16)12-17(26)22-7-6-14-20-21-15(23(14)9-8-22)10-13-4-2-1-3-5-13/h1-5H,6-12H2,(H,19,27). The lowest BCUT2D eigenvalue weighted by molar-refractivity contribution is -0.136. The van der Waals surface area contributed by atoms with Gasteiger partial charge in [0.05, 0.1) is 6.54 Å². The topological polar surface area (TPSA) is 100 Å². The van der Waals surface area contributed by atoms with Gasteiger partial charge in [-0.2, -0.15) is 0 Å². The highest BCUT2D eigenvalue weighted by Gasteiger charge is 2.32. The molecule has 9 heteroatoms. The van der Waals surface area contributed by atoms with Gasteiger partial charge in [-0.15, -0.1) is 10.2 Å². The van der Waals surface area contributed by atoms with Gasteiger partial charge in [-0.25, -0.2) is 4.79 Å². The van der Waals surface area contributed by atoms with Crippen LogP contribution in [0.1, 0.15) is 17.2 Å². The molecule has 0 radical (unpaired) electrons. The molecule has 1 aromatic heterocycles. The van der Waals surface area contributed by atoms with Crippen molar-refractivity contribution in [3.05, 3.63) is 47.5 Å². The molecule has 2 aliphatic heterocycles. The van der Waals surface area contributed by atoms with Gasteiger partial charge in [-0.05, 0) is 5.56 Å². The van der Waals surface area contributed by atoms with E-state index in [0.717, 1.165) is 22.1 Å². The molecule has 2 aromatic rings. The van der Waals surface area contributed by atoms with Crippen LogP contribution in [0.25, 0.3) is 0 Å². The van der Waals surface area contributed by atoms with Crippen molar-refractivity contribution in [3.8, 4) is 0 Å². The SMILES string of the molecule is O=C(CN1C(=O)CNC1=O)N1CCc2nnc(Cc3ccccc3)n2CC1. The Labute approximate surface area is 156 Å². The fourth-order valence-corrected chi connectivity index (χ4v) is 3.39. The number of hydrogen-bond acceptors (Lipinski definition) is 5. The Morgan fingerprint density at radius 2 is 1.89 bits per heavy atom. The Kier molecular flexibility index (Phi) is 4.57. The Morgan fingerprint density at radius 3 is 2.63 bits per heavy atom. The number of carbonyl (C=O) groups excluding carboxylic acids is 3. The predicted molar refractivity (Wildman–Crippen MR) is 94.7 cm³/mol. The molecule has 0 aliphatic carbocycles.